The van der Waals surface area contributed by atoms with Gasteiger partial charge in [-0.15, -0.1) is 11.3 Å². The summed E-state index contributed by atoms with van der Waals surface area (Å²) in [5.41, 5.74) is 10.7. The monoisotopic (exact) mass is 620 g/mol. The van der Waals surface area contributed by atoms with Crippen molar-refractivity contribution in [2.24, 2.45) is 0 Å². The lowest BCUT2D eigenvalue weighted by molar-refractivity contribution is 0.672. The average molecular weight is 621 g/mol. The van der Waals surface area contributed by atoms with Crippen molar-refractivity contribution in [2.75, 3.05) is 0 Å². The molecule has 11 rings (SSSR count). The number of nitrogens with zero attached hydrogens (tertiary/aromatic N) is 2. The maximum Gasteiger partial charge on any atom is 0.144 e. The average Bonchev–Trinajstić information content (AvgIpc) is 3.85. The zero-order valence-corrected chi connectivity index (χ0v) is 26.5. The Labute approximate surface area is 274 Å². The van der Waals surface area contributed by atoms with E-state index in [9.17, 15) is 0 Å². The van der Waals surface area contributed by atoms with Crippen LogP contribution in [0.4, 0.5) is 0 Å². The highest BCUT2D eigenvalue weighted by Gasteiger charge is 2.24. The van der Waals surface area contributed by atoms with Crippen LogP contribution < -0.4 is 0 Å². The quantitative estimate of drug-likeness (QED) is 0.189. The first-order valence-corrected chi connectivity index (χ1v) is 17.1. The summed E-state index contributed by atoms with van der Waals surface area (Å²) in [5.74, 6) is 0.444. The fraction of sp³-hybridized carbons (Fsp3) is 0.0698. The Kier molecular flexibility index (Phi) is 5.04. The number of benzene rings is 6. The van der Waals surface area contributed by atoms with Gasteiger partial charge in [-0.2, -0.15) is 0 Å². The van der Waals surface area contributed by atoms with Crippen molar-refractivity contribution in [1.29, 1.82) is 0 Å². The molecule has 0 spiro atoms. The summed E-state index contributed by atoms with van der Waals surface area (Å²) >= 11 is 1.84. The summed E-state index contributed by atoms with van der Waals surface area (Å²) in [7, 11) is 0. The van der Waals surface area contributed by atoms with Crippen molar-refractivity contribution in [3.8, 4) is 11.4 Å². The van der Waals surface area contributed by atoms with Crippen molar-refractivity contribution in [3.63, 3.8) is 0 Å². The third kappa shape index (κ3) is 3.40. The highest BCUT2D eigenvalue weighted by molar-refractivity contribution is 7.26. The topological polar surface area (TPSA) is 23.0 Å². The molecule has 1 atom stereocenters. The van der Waals surface area contributed by atoms with Crippen molar-refractivity contribution in [1.82, 2.24) is 9.13 Å². The van der Waals surface area contributed by atoms with Gasteiger partial charge in [0.05, 0.1) is 16.6 Å². The first-order valence-electron chi connectivity index (χ1n) is 16.3. The minimum atomic E-state index is 0.444. The molecule has 0 N–H and O–H groups in total. The molecule has 0 radical (unpaired) electrons. The SMILES string of the molecule is CC1CC=Cc2c1n(-c1ccc3oc4c(ccc5sc6ccc(-n7c8ccccc8c8ccccc87)cc6c54)c3c1)c1ccccc21. The fourth-order valence-electron chi connectivity index (χ4n) is 8.28. The summed E-state index contributed by atoms with van der Waals surface area (Å²) in [6.45, 7) is 2.34. The second-order valence-corrected chi connectivity index (χ2v) is 14.0. The smallest absolute Gasteiger partial charge is 0.144 e. The van der Waals surface area contributed by atoms with Gasteiger partial charge >= 0.3 is 0 Å². The number of furan rings is 1. The zero-order valence-electron chi connectivity index (χ0n) is 25.7. The van der Waals surface area contributed by atoms with Crippen molar-refractivity contribution < 1.29 is 4.42 Å². The Morgan fingerprint density at radius 2 is 1.23 bits per heavy atom. The Morgan fingerprint density at radius 3 is 2.02 bits per heavy atom. The molecule has 4 aromatic heterocycles. The van der Waals surface area contributed by atoms with Crippen LogP contribution in [0.1, 0.15) is 30.5 Å². The minimum Gasteiger partial charge on any atom is -0.455 e. The number of para-hydroxylation sites is 3. The first-order chi connectivity index (χ1) is 23.2. The van der Waals surface area contributed by atoms with E-state index in [-0.39, 0.29) is 0 Å². The Balaban J connectivity index is 1.16. The third-order valence-electron chi connectivity index (χ3n) is 10.3. The zero-order chi connectivity index (χ0) is 30.8. The fourth-order valence-corrected chi connectivity index (χ4v) is 9.36. The van der Waals surface area contributed by atoms with Gasteiger partial charge < -0.3 is 13.6 Å². The van der Waals surface area contributed by atoms with Crippen LogP contribution in [-0.4, -0.2) is 9.13 Å². The normalized spacial score (nSPS) is 15.0. The molecule has 0 aliphatic heterocycles. The predicted molar refractivity (Wildman–Crippen MR) is 200 cm³/mol. The van der Waals surface area contributed by atoms with Gasteiger partial charge in [0.25, 0.3) is 0 Å². The molecular formula is C43H28N2OS. The Morgan fingerprint density at radius 1 is 0.596 bits per heavy atom. The number of rotatable bonds is 2. The van der Waals surface area contributed by atoms with Crippen LogP contribution >= 0.6 is 11.3 Å². The van der Waals surface area contributed by atoms with Gasteiger partial charge in [0, 0.05) is 75.7 Å². The molecule has 10 aromatic rings. The van der Waals surface area contributed by atoms with E-state index in [0.717, 1.165) is 34.0 Å². The van der Waals surface area contributed by atoms with Gasteiger partial charge in [0.2, 0.25) is 0 Å². The van der Waals surface area contributed by atoms with E-state index in [0.29, 0.717) is 5.92 Å². The summed E-state index contributed by atoms with van der Waals surface area (Å²) in [5, 5.41) is 8.61. The summed E-state index contributed by atoms with van der Waals surface area (Å²) in [4.78, 5) is 0. The molecule has 1 unspecified atom stereocenters. The van der Waals surface area contributed by atoms with Gasteiger partial charge in [-0.1, -0.05) is 73.7 Å². The number of allylic oxidation sites excluding steroid dienone is 1. The molecule has 4 heteroatoms. The number of fused-ring (bicyclic) bond motifs is 13. The second kappa shape index (κ2) is 9.25. The second-order valence-electron chi connectivity index (χ2n) is 12.9. The van der Waals surface area contributed by atoms with Gasteiger partial charge in [-0.05, 0) is 73.2 Å². The minimum absolute atomic E-state index is 0.444. The highest BCUT2D eigenvalue weighted by Crippen LogP contribution is 2.45. The molecule has 3 nitrogen and oxygen atoms in total. The molecule has 1 aliphatic rings. The molecule has 4 heterocycles. The molecular weight excluding hydrogens is 593 g/mol. The van der Waals surface area contributed by atoms with E-state index in [1.807, 2.05) is 11.3 Å². The molecule has 0 bridgehead atoms. The van der Waals surface area contributed by atoms with Crippen molar-refractivity contribution in [2.45, 2.75) is 19.3 Å². The molecule has 0 amide bonds. The lowest BCUT2D eigenvalue weighted by Gasteiger charge is -2.19. The van der Waals surface area contributed by atoms with E-state index in [1.165, 1.54) is 69.8 Å². The van der Waals surface area contributed by atoms with Gasteiger partial charge in [-0.25, -0.2) is 0 Å². The lowest BCUT2D eigenvalue weighted by atomic mass is 9.93. The summed E-state index contributed by atoms with van der Waals surface area (Å²) in [6, 6.07) is 44.4. The lowest BCUT2D eigenvalue weighted by Crippen LogP contribution is -2.06. The van der Waals surface area contributed by atoms with Gasteiger partial charge in [-0.3, -0.25) is 0 Å². The first kappa shape index (κ1) is 25.6. The van der Waals surface area contributed by atoms with Crippen LogP contribution in [0.25, 0.3) is 92.3 Å². The van der Waals surface area contributed by atoms with Crippen molar-refractivity contribution in [3.05, 3.63) is 139 Å². The van der Waals surface area contributed by atoms with Crippen LogP contribution in [0.15, 0.2) is 132 Å². The van der Waals surface area contributed by atoms with Gasteiger partial charge in [0.15, 0.2) is 0 Å². The molecule has 222 valence electrons. The maximum atomic E-state index is 6.78. The van der Waals surface area contributed by atoms with Crippen LogP contribution in [0.5, 0.6) is 0 Å². The van der Waals surface area contributed by atoms with Gasteiger partial charge in [0.1, 0.15) is 11.2 Å². The summed E-state index contributed by atoms with van der Waals surface area (Å²) in [6.07, 6.45) is 5.69. The molecule has 0 fully saturated rings. The van der Waals surface area contributed by atoms with E-state index in [2.05, 4.69) is 150 Å². The number of hydrogen-bond donors (Lipinski definition) is 0. The Bertz CT molecular complexity index is 2910. The standard InChI is InChI=1S/C43H28N2OS/c1-25-9-8-13-31-30-12-4-7-16-37(30)45(42(25)31)27-17-20-38-33(23-27)32-19-22-40-41(43(32)46-38)34-24-26(18-21-39(34)47-40)44-35-14-5-2-10-28(35)29-11-3-6-15-36(29)44/h2-8,10-25H,9H2,1H3. The van der Waals surface area contributed by atoms with E-state index in [4.69, 9.17) is 4.42 Å². The highest BCUT2D eigenvalue weighted by atomic mass is 32.1. The molecule has 0 saturated carbocycles. The number of aromatic nitrogens is 2. The predicted octanol–water partition coefficient (Wildman–Crippen LogP) is 12.5. The molecule has 47 heavy (non-hydrogen) atoms. The Hall–Kier alpha value is -5.58. The van der Waals surface area contributed by atoms with E-state index < -0.39 is 0 Å². The van der Waals surface area contributed by atoms with E-state index >= 15 is 0 Å². The number of hydrogen-bond acceptors (Lipinski definition) is 2. The maximum absolute atomic E-state index is 6.78. The molecule has 1 aliphatic carbocycles. The largest absolute Gasteiger partial charge is 0.455 e. The third-order valence-corrected chi connectivity index (χ3v) is 11.5. The molecule has 6 aromatic carbocycles. The van der Waals surface area contributed by atoms with Crippen molar-refractivity contribution >= 4 is 92.2 Å². The van der Waals surface area contributed by atoms with Crippen LogP contribution in [0, 0.1) is 0 Å². The van der Waals surface area contributed by atoms with Crippen LogP contribution in [0.2, 0.25) is 0 Å². The summed E-state index contributed by atoms with van der Waals surface area (Å²) < 4.78 is 14.2. The van der Waals surface area contributed by atoms with E-state index in [1.54, 1.807) is 0 Å². The van der Waals surface area contributed by atoms with Crippen LogP contribution in [0.3, 0.4) is 0 Å². The molecule has 0 saturated heterocycles. The number of thiophene rings is 1. The van der Waals surface area contributed by atoms with Crippen LogP contribution in [-0.2, 0) is 0 Å².